The minimum Gasteiger partial charge on any atom is -0.495 e. The molecule has 26 heavy (non-hydrogen) atoms. The Morgan fingerprint density at radius 2 is 2.00 bits per heavy atom. The van der Waals surface area contributed by atoms with Gasteiger partial charge >= 0.3 is 11.8 Å². The van der Waals surface area contributed by atoms with Gasteiger partial charge in [0.25, 0.3) is 0 Å². The van der Waals surface area contributed by atoms with Crippen LogP contribution in [0.3, 0.4) is 0 Å². The molecule has 0 unspecified atom stereocenters. The zero-order valence-electron chi connectivity index (χ0n) is 15.3. The fourth-order valence-corrected chi connectivity index (χ4v) is 3.46. The monoisotopic (exact) mass is 362 g/mol. The molecule has 142 valence electrons. The zero-order chi connectivity index (χ0) is 18.6. The van der Waals surface area contributed by atoms with Gasteiger partial charge in [-0.2, -0.15) is 0 Å². The molecule has 2 N–H and O–H groups in total. The van der Waals surface area contributed by atoms with Crippen LogP contribution in [0, 0.1) is 6.92 Å². The quantitative estimate of drug-likeness (QED) is 0.802. The molecule has 1 aromatic rings. The Kier molecular flexibility index (Phi) is 5.78. The third-order valence-corrected chi connectivity index (χ3v) is 4.83. The number of nitrogens with one attached hydrogen (secondary N) is 2. The van der Waals surface area contributed by atoms with Crippen molar-refractivity contribution in [2.45, 2.75) is 50.9 Å². The van der Waals surface area contributed by atoms with Gasteiger partial charge in [0.15, 0.2) is 5.79 Å². The highest BCUT2D eigenvalue weighted by Gasteiger charge is 2.42. The second-order valence-electron chi connectivity index (χ2n) is 6.89. The van der Waals surface area contributed by atoms with Crippen molar-refractivity contribution in [3.63, 3.8) is 0 Å². The fraction of sp³-hybridized carbons (Fsp3) is 0.579. The molecule has 3 rings (SSSR count). The Hall–Kier alpha value is -2.12. The number of amides is 2. The Labute approximate surface area is 153 Å². The highest BCUT2D eigenvalue weighted by atomic mass is 16.7. The molecule has 2 fully saturated rings. The molecule has 1 aliphatic carbocycles. The van der Waals surface area contributed by atoms with E-state index in [-0.39, 0.29) is 12.6 Å². The van der Waals surface area contributed by atoms with Gasteiger partial charge in [0.2, 0.25) is 0 Å². The molecule has 2 aliphatic rings. The SMILES string of the molecule is COc1ccc(C)cc1NC(=O)C(=O)NC[C@H]1COC2(CCCCC2)O1. The van der Waals surface area contributed by atoms with E-state index in [1.165, 1.54) is 13.5 Å². The first-order valence-corrected chi connectivity index (χ1v) is 9.07. The molecule has 0 aromatic heterocycles. The van der Waals surface area contributed by atoms with Gasteiger partial charge in [-0.25, -0.2) is 0 Å². The van der Waals surface area contributed by atoms with Crippen molar-refractivity contribution >= 4 is 17.5 Å². The van der Waals surface area contributed by atoms with Crippen LogP contribution in [0.1, 0.15) is 37.7 Å². The van der Waals surface area contributed by atoms with E-state index in [2.05, 4.69) is 10.6 Å². The number of aryl methyl sites for hydroxylation is 1. The van der Waals surface area contributed by atoms with Crippen molar-refractivity contribution in [1.82, 2.24) is 5.32 Å². The molecule has 0 radical (unpaired) electrons. The maximum absolute atomic E-state index is 12.1. The number of rotatable bonds is 4. The van der Waals surface area contributed by atoms with E-state index in [1.807, 2.05) is 13.0 Å². The second-order valence-corrected chi connectivity index (χ2v) is 6.89. The van der Waals surface area contributed by atoms with Crippen LogP contribution in [0.25, 0.3) is 0 Å². The summed E-state index contributed by atoms with van der Waals surface area (Å²) in [5, 5.41) is 5.21. The first-order chi connectivity index (χ1) is 12.5. The zero-order valence-corrected chi connectivity index (χ0v) is 15.3. The predicted molar refractivity (Wildman–Crippen MR) is 96.0 cm³/mol. The lowest BCUT2D eigenvalue weighted by Gasteiger charge is -2.31. The van der Waals surface area contributed by atoms with Crippen LogP contribution in [-0.4, -0.2) is 44.0 Å². The molecule has 1 atom stereocenters. The summed E-state index contributed by atoms with van der Waals surface area (Å²) in [6.07, 6.45) is 4.97. The number of ether oxygens (including phenoxy) is 3. The average Bonchev–Trinajstić information content (AvgIpc) is 3.02. The average molecular weight is 362 g/mol. The Morgan fingerprint density at radius 3 is 2.73 bits per heavy atom. The number of hydrogen-bond donors (Lipinski definition) is 2. The van der Waals surface area contributed by atoms with E-state index in [1.54, 1.807) is 12.1 Å². The van der Waals surface area contributed by atoms with Gasteiger partial charge in [0.1, 0.15) is 11.9 Å². The Bertz CT molecular complexity index is 670. The summed E-state index contributed by atoms with van der Waals surface area (Å²) < 4.78 is 17.0. The summed E-state index contributed by atoms with van der Waals surface area (Å²) in [7, 11) is 1.51. The predicted octanol–water partition coefficient (Wildman–Crippen LogP) is 2.13. The van der Waals surface area contributed by atoms with Gasteiger partial charge in [0.05, 0.1) is 19.4 Å². The van der Waals surface area contributed by atoms with Crippen LogP contribution in [-0.2, 0) is 19.1 Å². The molecular formula is C19H26N2O5. The molecule has 1 spiro atoms. The minimum absolute atomic E-state index is 0.224. The van der Waals surface area contributed by atoms with E-state index < -0.39 is 17.6 Å². The van der Waals surface area contributed by atoms with Crippen LogP contribution < -0.4 is 15.4 Å². The van der Waals surface area contributed by atoms with Crippen molar-refractivity contribution in [1.29, 1.82) is 0 Å². The van der Waals surface area contributed by atoms with Crippen LogP contribution >= 0.6 is 0 Å². The topological polar surface area (TPSA) is 85.9 Å². The van der Waals surface area contributed by atoms with Gasteiger partial charge < -0.3 is 24.8 Å². The molecule has 1 aliphatic heterocycles. The molecule has 1 aromatic carbocycles. The molecule has 2 amide bonds. The van der Waals surface area contributed by atoms with Crippen molar-refractivity contribution in [3.05, 3.63) is 23.8 Å². The summed E-state index contributed by atoms with van der Waals surface area (Å²) in [5.74, 6) is -1.42. The lowest BCUT2D eigenvalue weighted by molar-refractivity contribution is -0.186. The number of carbonyl (C=O) groups excluding carboxylic acids is 2. The highest BCUT2D eigenvalue weighted by Crippen LogP contribution is 2.37. The van der Waals surface area contributed by atoms with E-state index >= 15 is 0 Å². The van der Waals surface area contributed by atoms with Crippen LogP contribution in [0.4, 0.5) is 5.69 Å². The van der Waals surface area contributed by atoms with Gasteiger partial charge in [-0.3, -0.25) is 9.59 Å². The molecule has 1 saturated heterocycles. The van der Waals surface area contributed by atoms with Crippen LogP contribution in [0.2, 0.25) is 0 Å². The lowest BCUT2D eigenvalue weighted by atomic mass is 9.94. The third-order valence-electron chi connectivity index (χ3n) is 4.83. The van der Waals surface area contributed by atoms with Gasteiger partial charge in [-0.05, 0) is 37.5 Å². The van der Waals surface area contributed by atoms with Crippen molar-refractivity contribution < 1.29 is 23.8 Å². The van der Waals surface area contributed by atoms with Crippen LogP contribution in [0.15, 0.2) is 18.2 Å². The van der Waals surface area contributed by atoms with Crippen molar-refractivity contribution in [2.75, 3.05) is 25.6 Å². The summed E-state index contributed by atoms with van der Waals surface area (Å²) >= 11 is 0. The first-order valence-electron chi connectivity index (χ1n) is 9.07. The molecule has 7 nitrogen and oxygen atoms in total. The van der Waals surface area contributed by atoms with E-state index in [9.17, 15) is 9.59 Å². The highest BCUT2D eigenvalue weighted by molar-refractivity contribution is 6.39. The van der Waals surface area contributed by atoms with Crippen molar-refractivity contribution in [2.24, 2.45) is 0 Å². The number of benzene rings is 1. The van der Waals surface area contributed by atoms with E-state index in [4.69, 9.17) is 14.2 Å². The maximum atomic E-state index is 12.1. The standard InChI is InChI=1S/C19H26N2O5/c1-13-6-7-16(24-2)15(10-13)21-18(23)17(22)20-11-14-12-25-19(26-14)8-4-3-5-9-19/h6-7,10,14H,3-5,8-9,11-12H2,1-2H3,(H,20,22)(H,21,23)/t14-/m0/s1. The molecule has 7 heteroatoms. The molecular weight excluding hydrogens is 336 g/mol. The van der Waals surface area contributed by atoms with Crippen molar-refractivity contribution in [3.8, 4) is 5.75 Å². The summed E-state index contributed by atoms with van der Waals surface area (Å²) in [4.78, 5) is 24.2. The van der Waals surface area contributed by atoms with Gasteiger partial charge in [0, 0.05) is 19.4 Å². The molecule has 1 heterocycles. The van der Waals surface area contributed by atoms with Gasteiger partial charge in [-0.15, -0.1) is 0 Å². The smallest absolute Gasteiger partial charge is 0.313 e. The normalized spacial score (nSPS) is 21.4. The minimum atomic E-state index is -0.736. The first kappa shape index (κ1) is 18.7. The fourth-order valence-electron chi connectivity index (χ4n) is 3.46. The van der Waals surface area contributed by atoms with Crippen LogP contribution in [0.5, 0.6) is 5.75 Å². The Morgan fingerprint density at radius 1 is 1.23 bits per heavy atom. The van der Waals surface area contributed by atoms with Gasteiger partial charge in [-0.1, -0.05) is 12.5 Å². The number of anilines is 1. The summed E-state index contributed by atoms with van der Waals surface area (Å²) in [6, 6.07) is 5.37. The summed E-state index contributed by atoms with van der Waals surface area (Å²) in [5.41, 5.74) is 1.42. The molecule has 1 saturated carbocycles. The maximum Gasteiger partial charge on any atom is 0.313 e. The number of hydrogen-bond acceptors (Lipinski definition) is 5. The molecule has 0 bridgehead atoms. The second kappa shape index (κ2) is 8.05. The van der Waals surface area contributed by atoms with E-state index in [0.29, 0.717) is 18.0 Å². The largest absolute Gasteiger partial charge is 0.495 e. The third kappa shape index (κ3) is 4.34. The van der Waals surface area contributed by atoms with E-state index in [0.717, 1.165) is 31.2 Å². The Balaban J connectivity index is 1.49. The number of methoxy groups -OCH3 is 1. The summed E-state index contributed by atoms with van der Waals surface area (Å²) in [6.45, 7) is 2.58. The lowest BCUT2D eigenvalue weighted by Crippen LogP contribution is -2.41. The number of carbonyl (C=O) groups is 2.